The second-order valence-electron chi connectivity index (χ2n) is 5.25. The van der Waals surface area contributed by atoms with E-state index in [0.717, 1.165) is 30.2 Å². The van der Waals surface area contributed by atoms with Crippen molar-refractivity contribution in [3.05, 3.63) is 59.7 Å². The van der Waals surface area contributed by atoms with Crippen molar-refractivity contribution in [3.8, 4) is 11.5 Å². The van der Waals surface area contributed by atoms with Crippen LogP contribution in [-0.2, 0) is 13.1 Å². The molecule has 118 valence electrons. The summed E-state index contributed by atoms with van der Waals surface area (Å²) in [7, 11) is 3.74. The number of rotatable bonds is 8. The van der Waals surface area contributed by atoms with Gasteiger partial charge < -0.3 is 15.2 Å². The van der Waals surface area contributed by atoms with Crippen LogP contribution >= 0.6 is 0 Å². The van der Waals surface area contributed by atoms with Gasteiger partial charge in [0.2, 0.25) is 0 Å². The van der Waals surface area contributed by atoms with E-state index < -0.39 is 0 Å². The molecule has 0 atom stereocenters. The van der Waals surface area contributed by atoms with Crippen molar-refractivity contribution in [3.63, 3.8) is 0 Å². The lowest BCUT2D eigenvalue weighted by Gasteiger charge is -2.18. The number of ether oxygens (including phenoxy) is 2. The predicted octanol–water partition coefficient (Wildman–Crippen LogP) is 2.66. The van der Waals surface area contributed by atoms with Crippen molar-refractivity contribution >= 4 is 0 Å². The molecule has 0 bridgehead atoms. The van der Waals surface area contributed by atoms with E-state index in [0.29, 0.717) is 13.2 Å². The molecule has 0 spiro atoms. The fourth-order valence-electron chi connectivity index (χ4n) is 2.27. The normalized spacial score (nSPS) is 10.7. The van der Waals surface area contributed by atoms with E-state index in [4.69, 9.17) is 15.2 Å². The Morgan fingerprint density at radius 1 is 1.09 bits per heavy atom. The summed E-state index contributed by atoms with van der Waals surface area (Å²) in [6.45, 7) is 2.83. The van der Waals surface area contributed by atoms with Crippen molar-refractivity contribution < 1.29 is 9.47 Å². The summed E-state index contributed by atoms with van der Waals surface area (Å²) in [4.78, 5) is 2.24. The summed E-state index contributed by atoms with van der Waals surface area (Å²) in [6, 6.07) is 16.1. The lowest BCUT2D eigenvalue weighted by molar-refractivity contribution is 0.231. The molecule has 0 aliphatic rings. The van der Waals surface area contributed by atoms with Gasteiger partial charge in [-0.25, -0.2) is 0 Å². The number of hydrogen-bond donors (Lipinski definition) is 1. The Labute approximate surface area is 132 Å². The molecule has 2 aromatic rings. The van der Waals surface area contributed by atoms with Crippen LogP contribution in [-0.4, -0.2) is 32.2 Å². The highest BCUT2D eigenvalue weighted by atomic mass is 16.5. The molecule has 0 saturated carbocycles. The lowest BCUT2D eigenvalue weighted by Crippen LogP contribution is -2.24. The molecule has 0 amide bonds. The second kappa shape index (κ2) is 8.41. The van der Waals surface area contributed by atoms with Gasteiger partial charge in [0.15, 0.2) is 0 Å². The molecule has 0 aliphatic heterocycles. The fraction of sp³-hybridized carbons (Fsp3) is 0.333. The third kappa shape index (κ3) is 4.76. The highest BCUT2D eigenvalue weighted by Crippen LogP contribution is 2.23. The van der Waals surface area contributed by atoms with Gasteiger partial charge in [-0.2, -0.15) is 0 Å². The second-order valence-corrected chi connectivity index (χ2v) is 5.25. The average molecular weight is 300 g/mol. The first kappa shape index (κ1) is 16.3. The number of nitrogens with two attached hydrogens (primary N) is 1. The maximum Gasteiger partial charge on any atom is 0.124 e. The number of hydrogen-bond acceptors (Lipinski definition) is 4. The van der Waals surface area contributed by atoms with Crippen LogP contribution in [0, 0.1) is 0 Å². The maximum atomic E-state index is 5.86. The summed E-state index contributed by atoms with van der Waals surface area (Å²) in [5.74, 6) is 1.63. The van der Waals surface area contributed by atoms with Crippen LogP contribution in [0.2, 0.25) is 0 Å². The van der Waals surface area contributed by atoms with Gasteiger partial charge in [-0.05, 0) is 30.8 Å². The first-order valence-corrected chi connectivity index (χ1v) is 7.45. The van der Waals surface area contributed by atoms with E-state index >= 15 is 0 Å². The fourth-order valence-corrected chi connectivity index (χ4v) is 2.27. The highest BCUT2D eigenvalue weighted by molar-refractivity contribution is 5.40. The first-order valence-electron chi connectivity index (χ1n) is 7.45. The number of benzene rings is 2. The van der Waals surface area contributed by atoms with E-state index in [1.807, 2.05) is 24.3 Å². The zero-order chi connectivity index (χ0) is 15.8. The van der Waals surface area contributed by atoms with Crippen molar-refractivity contribution in [1.82, 2.24) is 4.90 Å². The largest absolute Gasteiger partial charge is 0.497 e. The Balaban J connectivity index is 1.83. The first-order chi connectivity index (χ1) is 10.7. The van der Waals surface area contributed by atoms with Gasteiger partial charge >= 0.3 is 0 Å². The maximum absolute atomic E-state index is 5.86. The highest BCUT2D eigenvalue weighted by Gasteiger charge is 2.05. The average Bonchev–Trinajstić information content (AvgIpc) is 2.56. The molecule has 0 saturated heterocycles. The molecule has 4 heteroatoms. The predicted molar refractivity (Wildman–Crippen MR) is 89.2 cm³/mol. The molecular weight excluding hydrogens is 276 g/mol. The SMILES string of the molecule is COc1ccc(OCCN(C)Cc2ccccc2)c(CN)c1. The van der Waals surface area contributed by atoms with Crippen LogP contribution in [0.1, 0.15) is 11.1 Å². The van der Waals surface area contributed by atoms with Crippen LogP contribution in [0.15, 0.2) is 48.5 Å². The van der Waals surface area contributed by atoms with Crippen LogP contribution in [0.4, 0.5) is 0 Å². The van der Waals surface area contributed by atoms with Crippen molar-refractivity contribution in [2.45, 2.75) is 13.1 Å². The van der Waals surface area contributed by atoms with Crippen LogP contribution in [0.3, 0.4) is 0 Å². The molecule has 0 aliphatic carbocycles. The Morgan fingerprint density at radius 3 is 2.55 bits per heavy atom. The van der Waals surface area contributed by atoms with Gasteiger partial charge in [-0.15, -0.1) is 0 Å². The minimum atomic E-state index is 0.437. The molecule has 0 unspecified atom stereocenters. The van der Waals surface area contributed by atoms with Crippen molar-refractivity contribution in [2.24, 2.45) is 5.73 Å². The number of methoxy groups -OCH3 is 1. The molecule has 0 heterocycles. The van der Waals surface area contributed by atoms with Gasteiger partial charge in [0.1, 0.15) is 18.1 Å². The summed E-state index contributed by atoms with van der Waals surface area (Å²) in [5.41, 5.74) is 8.03. The van der Waals surface area contributed by atoms with E-state index in [-0.39, 0.29) is 0 Å². The van der Waals surface area contributed by atoms with Gasteiger partial charge in [-0.1, -0.05) is 30.3 Å². The third-order valence-corrected chi connectivity index (χ3v) is 3.51. The van der Waals surface area contributed by atoms with Gasteiger partial charge in [0.05, 0.1) is 7.11 Å². The zero-order valence-corrected chi connectivity index (χ0v) is 13.3. The van der Waals surface area contributed by atoms with E-state index in [2.05, 4.69) is 36.2 Å². The molecule has 0 fully saturated rings. The molecule has 0 radical (unpaired) electrons. The topological polar surface area (TPSA) is 47.7 Å². The molecule has 2 aromatic carbocycles. The van der Waals surface area contributed by atoms with Crippen LogP contribution in [0.25, 0.3) is 0 Å². The van der Waals surface area contributed by atoms with Gasteiger partial charge in [-0.3, -0.25) is 4.90 Å². The van der Waals surface area contributed by atoms with Crippen LogP contribution < -0.4 is 15.2 Å². The third-order valence-electron chi connectivity index (χ3n) is 3.51. The Morgan fingerprint density at radius 2 is 1.86 bits per heavy atom. The van der Waals surface area contributed by atoms with E-state index in [1.165, 1.54) is 5.56 Å². The number of likely N-dealkylation sites (N-methyl/N-ethyl adjacent to an activating group) is 1. The molecule has 22 heavy (non-hydrogen) atoms. The van der Waals surface area contributed by atoms with Crippen LogP contribution in [0.5, 0.6) is 11.5 Å². The molecule has 2 N–H and O–H groups in total. The van der Waals surface area contributed by atoms with E-state index in [9.17, 15) is 0 Å². The van der Waals surface area contributed by atoms with Gasteiger partial charge in [0.25, 0.3) is 0 Å². The molecule has 4 nitrogen and oxygen atoms in total. The lowest BCUT2D eigenvalue weighted by atomic mass is 10.2. The monoisotopic (exact) mass is 300 g/mol. The quantitative estimate of drug-likeness (QED) is 0.814. The number of nitrogens with zero attached hydrogens (tertiary/aromatic N) is 1. The van der Waals surface area contributed by atoms with Crippen molar-refractivity contribution in [1.29, 1.82) is 0 Å². The van der Waals surface area contributed by atoms with E-state index in [1.54, 1.807) is 7.11 Å². The Kier molecular flexibility index (Phi) is 6.25. The summed E-state index contributed by atoms with van der Waals surface area (Å²) < 4.78 is 11.1. The summed E-state index contributed by atoms with van der Waals surface area (Å²) >= 11 is 0. The molecular formula is C18H24N2O2. The Hall–Kier alpha value is -2.04. The van der Waals surface area contributed by atoms with Gasteiger partial charge in [0, 0.05) is 25.2 Å². The molecule has 0 aromatic heterocycles. The standard InChI is InChI=1S/C18H24N2O2/c1-20(14-15-6-4-3-5-7-15)10-11-22-18-9-8-17(21-2)12-16(18)13-19/h3-9,12H,10-11,13-14,19H2,1-2H3. The zero-order valence-electron chi connectivity index (χ0n) is 13.3. The smallest absolute Gasteiger partial charge is 0.124 e. The minimum absolute atomic E-state index is 0.437. The van der Waals surface area contributed by atoms with Crippen molar-refractivity contribution in [2.75, 3.05) is 27.3 Å². The molecule has 2 rings (SSSR count). The summed E-state index contributed by atoms with van der Waals surface area (Å²) in [5, 5.41) is 0. The minimum Gasteiger partial charge on any atom is -0.497 e. The Bertz CT molecular complexity index is 573. The summed E-state index contributed by atoms with van der Waals surface area (Å²) in [6.07, 6.45) is 0.